The van der Waals surface area contributed by atoms with E-state index in [2.05, 4.69) is 10.3 Å². The first-order chi connectivity index (χ1) is 13.0. The second-order valence-electron chi connectivity index (χ2n) is 6.89. The first-order valence-electron chi connectivity index (χ1n) is 9.20. The zero-order valence-electron chi connectivity index (χ0n) is 15.5. The van der Waals surface area contributed by atoms with Crippen molar-refractivity contribution < 1.29 is 24.1 Å². The number of ether oxygens (including phenoxy) is 2. The molecule has 2 aliphatic heterocycles. The van der Waals surface area contributed by atoms with Crippen LogP contribution in [0.4, 0.5) is 4.39 Å². The molecule has 0 aromatic heterocycles. The molecule has 150 valence electrons. The molecular weight excluding hydrogens is 371 g/mol. The Kier molecular flexibility index (Phi) is 7.10. The van der Waals surface area contributed by atoms with Crippen LogP contribution in [-0.2, 0) is 22.5 Å². The van der Waals surface area contributed by atoms with Crippen molar-refractivity contribution in [1.29, 1.82) is 0 Å². The van der Waals surface area contributed by atoms with Gasteiger partial charge >= 0.3 is 0 Å². The van der Waals surface area contributed by atoms with Crippen molar-refractivity contribution in [3.8, 4) is 0 Å². The van der Waals surface area contributed by atoms with E-state index in [-0.39, 0.29) is 18.2 Å². The molecule has 6 nitrogen and oxygen atoms in total. The summed E-state index contributed by atoms with van der Waals surface area (Å²) in [5.74, 6) is 0. The van der Waals surface area contributed by atoms with E-state index >= 15 is 0 Å². The van der Waals surface area contributed by atoms with Crippen molar-refractivity contribution in [3.63, 3.8) is 0 Å². The van der Waals surface area contributed by atoms with Crippen molar-refractivity contribution in [2.45, 2.75) is 62.3 Å². The number of alkyl halides is 1. The quantitative estimate of drug-likeness (QED) is 0.648. The number of amidine groups is 1. The number of aliphatic hydroxyl groups excluding tert-OH is 2. The van der Waals surface area contributed by atoms with E-state index in [9.17, 15) is 14.6 Å². The average Bonchev–Trinajstić information content (AvgIpc) is 3.11. The molecule has 1 aromatic carbocycles. The van der Waals surface area contributed by atoms with Gasteiger partial charge in [-0.15, -0.1) is 0 Å². The molecule has 0 amide bonds. The third kappa shape index (κ3) is 4.81. The largest absolute Gasteiger partial charge is 0.388 e. The highest BCUT2D eigenvalue weighted by Crippen LogP contribution is 2.35. The van der Waals surface area contributed by atoms with Crippen LogP contribution < -0.4 is 5.32 Å². The lowest BCUT2D eigenvalue weighted by molar-refractivity contribution is -0.195. The fourth-order valence-corrected chi connectivity index (χ4v) is 4.42. The summed E-state index contributed by atoms with van der Waals surface area (Å²) in [7, 11) is 1.67. The SMILES string of the molecule is CN=C1N[C@@H]2[C@@H](O)[C@H](O)[C@@H]([C@H](C)OCc3ccc(CCCF)cc3)O[C@@H]2S1. The van der Waals surface area contributed by atoms with Crippen molar-refractivity contribution >= 4 is 16.9 Å². The molecule has 6 atom stereocenters. The fraction of sp³-hybridized carbons (Fsp3) is 0.632. The molecule has 27 heavy (non-hydrogen) atoms. The van der Waals surface area contributed by atoms with Gasteiger partial charge in [-0.2, -0.15) is 0 Å². The number of aliphatic hydroxyl groups is 2. The van der Waals surface area contributed by atoms with Gasteiger partial charge in [0, 0.05) is 7.05 Å². The topological polar surface area (TPSA) is 83.3 Å². The highest BCUT2D eigenvalue weighted by molar-refractivity contribution is 8.14. The highest BCUT2D eigenvalue weighted by Gasteiger charge is 2.50. The van der Waals surface area contributed by atoms with E-state index in [0.717, 1.165) is 17.5 Å². The number of fused-ring (bicyclic) bond motifs is 1. The Hall–Kier alpha value is -1.19. The van der Waals surface area contributed by atoms with Gasteiger partial charge in [-0.05, 0) is 30.9 Å². The molecule has 0 bridgehead atoms. The van der Waals surface area contributed by atoms with E-state index in [1.165, 1.54) is 11.8 Å². The third-order valence-electron chi connectivity index (χ3n) is 4.96. The number of rotatable bonds is 7. The second kappa shape index (κ2) is 9.34. The first-order valence-corrected chi connectivity index (χ1v) is 10.1. The van der Waals surface area contributed by atoms with Crippen molar-refractivity contribution in [2.24, 2.45) is 4.99 Å². The van der Waals surface area contributed by atoms with Gasteiger partial charge < -0.3 is 25.0 Å². The maximum Gasteiger partial charge on any atom is 0.159 e. The molecule has 0 spiro atoms. The highest BCUT2D eigenvalue weighted by atomic mass is 32.2. The Labute approximate surface area is 163 Å². The normalized spacial score (nSPS) is 32.9. The Morgan fingerprint density at radius 3 is 2.63 bits per heavy atom. The van der Waals surface area contributed by atoms with E-state index in [0.29, 0.717) is 18.2 Å². The van der Waals surface area contributed by atoms with Gasteiger partial charge in [-0.1, -0.05) is 36.0 Å². The molecule has 0 radical (unpaired) electrons. The van der Waals surface area contributed by atoms with Crippen LogP contribution in [0.15, 0.2) is 29.3 Å². The summed E-state index contributed by atoms with van der Waals surface area (Å²) in [5, 5.41) is 24.6. The minimum absolute atomic E-state index is 0.306. The molecule has 0 saturated carbocycles. The van der Waals surface area contributed by atoms with Crippen molar-refractivity contribution in [2.75, 3.05) is 13.7 Å². The first kappa shape index (κ1) is 20.5. The standard InChI is InChI=1S/C19H27FN2O4S/c1-11(25-10-13-7-5-12(6-8-13)4-3-9-20)17-16(24)15(23)14-18(26-17)27-19(21-2)22-14/h5-8,11,14-18,23-24H,3-4,9-10H2,1-2H3,(H,21,22)/t11-,14+,15+,16-,17+,18+/m0/s1. The number of hydrogen-bond donors (Lipinski definition) is 3. The van der Waals surface area contributed by atoms with Crippen LogP contribution in [0.25, 0.3) is 0 Å². The summed E-state index contributed by atoms with van der Waals surface area (Å²) in [6.07, 6.45) is -1.77. The molecular formula is C19H27FN2O4S. The summed E-state index contributed by atoms with van der Waals surface area (Å²) in [6, 6.07) is 7.50. The lowest BCUT2D eigenvalue weighted by Crippen LogP contribution is -2.61. The number of aliphatic imine (C=N–C) groups is 1. The summed E-state index contributed by atoms with van der Waals surface area (Å²) in [6.45, 7) is 1.89. The summed E-state index contributed by atoms with van der Waals surface area (Å²) in [4.78, 5) is 4.09. The van der Waals surface area contributed by atoms with Gasteiger partial charge in [0.05, 0.1) is 25.4 Å². The van der Waals surface area contributed by atoms with Crippen LogP contribution in [0.3, 0.4) is 0 Å². The van der Waals surface area contributed by atoms with Crippen LogP contribution in [0.2, 0.25) is 0 Å². The van der Waals surface area contributed by atoms with E-state index in [1.54, 1.807) is 7.05 Å². The van der Waals surface area contributed by atoms with Gasteiger partial charge in [0.2, 0.25) is 0 Å². The zero-order valence-corrected chi connectivity index (χ0v) is 16.4. The molecule has 0 unspecified atom stereocenters. The van der Waals surface area contributed by atoms with E-state index in [1.807, 2.05) is 31.2 Å². The molecule has 2 fully saturated rings. The van der Waals surface area contributed by atoms with Gasteiger partial charge in [0.15, 0.2) is 5.17 Å². The molecule has 2 aliphatic rings. The van der Waals surface area contributed by atoms with Crippen LogP contribution in [-0.4, -0.2) is 65.0 Å². The number of hydrogen-bond acceptors (Lipinski definition) is 6. The average molecular weight is 399 g/mol. The minimum Gasteiger partial charge on any atom is -0.388 e. The second-order valence-corrected chi connectivity index (χ2v) is 7.98. The van der Waals surface area contributed by atoms with Gasteiger partial charge in [-0.3, -0.25) is 9.38 Å². The van der Waals surface area contributed by atoms with Crippen LogP contribution in [0.1, 0.15) is 24.5 Å². The number of aryl methyl sites for hydroxylation is 1. The number of nitrogens with one attached hydrogen (secondary N) is 1. The van der Waals surface area contributed by atoms with Crippen molar-refractivity contribution in [1.82, 2.24) is 5.32 Å². The molecule has 8 heteroatoms. The molecule has 1 aromatic rings. The van der Waals surface area contributed by atoms with Crippen molar-refractivity contribution in [3.05, 3.63) is 35.4 Å². The van der Waals surface area contributed by atoms with Gasteiger partial charge in [0.1, 0.15) is 23.7 Å². The minimum atomic E-state index is -1.05. The van der Waals surface area contributed by atoms with Crippen LogP contribution in [0, 0.1) is 0 Å². The lowest BCUT2D eigenvalue weighted by Gasteiger charge is -2.41. The van der Waals surface area contributed by atoms with Crippen LogP contribution >= 0.6 is 11.8 Å². The van der Waals surface area contributed by atoms with E-state index < -0.39 is 24.4 Å². The number of nitrogens with zero attached hydrogens (tertiary/aromatic N) is 1. The Balaban J connectivity index is 1.55. The monoisotopic (exact) mass is 398 g/mol. The summed E-state index contributed by atoms with van der Waals surface area (Å²) >= 11 is 1.41. The Morgan fingerprint density at radius 1 is 1.26 bits per heavy atom. The molecule has 2 heterocycles. The lowest BCUT2D eigenvalue weighted by atomic mass is 9.95. The Bertz CT molecular complexity index is 645. The fourth-order valence-electron chi connectivity index (χ4n) is 3.33. The van der Waals surface area contributed by atoms with Gasteiger partial charge in [0.25, 0.3) is 0 Å². The maximum atomic E-state index is 12.2. The summed E-state index contributed by atoms with van der Waals surface area (Å²) in [5.41, 5.74) is 1.78. The molecule has 0 aliphatic carbocycles. The van der Waals surface area contributed by atoms with Gasteiger partial charge in [-0.25, -0.2) is 0 Å². The molecule has 3 rings (SSSR count). The molecule has 3 N–H and O–H groups in total. The summed E-state index contributed by atoms with van der Waals surface area (Å²) < 4.78 is 24.1. The zero-order chi connectivity index (χ0) is 19.4. The maximum absolute atomic E-state index is 12.2. The number of thioether (sulfide) groups is 1. The smallest absolute Gasteiger partial charge is 0.159 e. The van der Waals surface area contributed by atoms with Crippen LogP contribution in [0.5, 0.6) is 0 Å². The predicted octanol–water partition coefficient (Wildman–Crippen LogP) is 1.63. The third-order valence-corrected chi connectivity index (χ3v) is 6.12. The predicted molar refractivity (Wildman–Crippen MR) is 104 cm³/mol. The Morgan fingerprint density at radius 2 is 1.96 bits per heavy atom. The molecule has 2 saturated heterocycles. The van der Waals surface area contributed by atoms with E-state index in [4.69, 9.17) is 9.47 Å². The number of halogens is 1. The number of benzene rings is 1.